The van der Waals surface area contributed by atoms with Crippen molar-refractivity contribution in [3.8, 4) is 0 Å². The predicted octanol–water partition coefficient (Wildman–Crippen LogP) is 0.732. The molecule has 4 heteroatoms. The Hall–Kier alpha value is -1.42. The van der Waals surface area contributed by atoms with Crippen LogP contribution in [0.2, 0.25) is 0 Å². The molecule has 0 saturated carbocycles. The summed E-state index contributed by atoms with van der Waals surface area (Å²) in [6, 6.07) is 5.78. The molecule has 1 aliphatic heterocycles. The summed E-state index contributed by atoms with van der Waals surface area (Å²) in [4.78, 5) is 16.1. The minimum absolute atomic E-state index is 0.160. The van der Waals surface area contributed by atoms with E-state index in [1.165, 1.54) is 7.11 Å². The van der Waals surface area contributed by atoms with Crippen molar-refractivity contribution in [1.82, 2.24) is 10.3 Å². The molecule has 0 aromatic carbocycles. The molecule has 2 atom stereocenters. The number of nitrogens with one attached hydrogen (secondary N) is 1. The van der Waals surface area contributed by atoms with Crippen molar-refractivity contribution in [3.05, 3.63) is 30.1 Å². The maximum Gasteiger partial charge on any atom is 0.310 e. The summed E-state index contributed by atoms with van der Waals surface area (Å²) in [7, 11) is 1.43. The first kappa shape index (κ1) is 11.1. The number of aromatic nitrogens is 1. The molecule has 86 valence electrons. The van der Waals surface area contributed by atoms with E-state index in [1.807, 2.05) is 18.2 Å². The van der Waals surface area contributed by atoms with Gasteiger partial charge in [0.05, 0.1) is 13.0 Å². The highest BCUT2D eigenvalue weighted by molar-refractivity contribution is 5.75. The number of rotatable bonds is 2. The van der Waals surface area contributed by atoms with E-state index in [0.717, 1.165) is 12.2 Å². The number of methoxy groups -OCH3 is 1. The quantitative estimate of drug-likeness (QED) is 0.747. The normalized spacial score (nSPS) is 29.0. The monoisotopic (exact) mass is 220 g/mol. The summed E-state index contributed by atoms with van der Waals surface area (Å²) in [5.74, 6) is -0.328. The number of nitrogens with zero attached hydrogens (tertiary/aromatic N) is 1. The molecule has 1 aliphatic rings. The Kier molecular flexibility index (Phi) is 2.92. The molecule has 2 heterocycles. The largest absolute Gasteiger partial charge is 0.469 e. The van der Waals surface area contributed by atoms with Crippen molar-refractivity contribution in [1.29, 1.82) is 0 Å². The number of ether oxygens (including phenoxy) is 1. The zero-order valence-electron chi connectivity index (χ0n) is 9.56. The van der Waals surface area contributed by atoms with Gasteiger partial charge in [0.1, 0.15) is 0 Å². The van der Waals surface area contributed by atoms with Crippen molar-refractivity contribution < 1.29 is 9.53 Å². The summed E-state index contributed by atoms with van der Waals surface area (Å²) in [5.41, 5.74) is 0.671. The summed E-state index contributed by atoms with van der Waals surface area (Å²) in [6.07, 6.45) is 1.76. The first-order valence-corrected chi connectivity index (χ1v) is 5.38. The summed E-state index contributed by atoms with van der Waals surface area (Å²) >= 11 is 0. The van der Waals surface area contributed by atoms with E-state index < -0.39 is 0 Å². The first-order chi connectivity index (χ1) is 7.68. The summed E-state index contributed by atoms with van der Waals surface area (Å²) in [5, 5.41) is 3.24. The van der Waals surface area contributed by atoms with E-state index in [9.17, 15) is 4.79 Å². The highest BCUT2D eigenvalue weighted by atomic mass is 16.5. The number of carbonyl (C=O) groups excluding carboxylic acids is 1. The van der Waals surface area contributed by atoms with Crippen LogP contribution in [0.25, 0.3) is 0 Å². The topological polar surface area (TPSA) is 51.2 Å². The fourth-order valence-corrected chi connectivity index (χ4v) is 2.28. The van der Waals surface area contributed by atoms with Gasteiger partial charge in [0.15, 0.2) is 0 Å². The molecule has 1 N–H and O–H groups in total. The van der Waals surface area contributed by atoms with E-state index in [2.05, 4.69) is 17.2 Å². The van der Waals surface area contributed by atoms with Crippen molar-refractivity contribution in [2.45, 2.75) is 12.3 Å². The molecule has 1 aromatic rings. The van der Waals surface area contributed by atoms with Gasteiger partial charge in [-0.15, -0.1) is 0 Å². The minimum atomic E-state index is -0.269. The van der Waals surface area contributed by atoms with Gasteiger partial charge in [-0.2, -0.15) is 0 Å². The van der Waals surface area contributed by atoms with Gasteiger partial charge in [-0.25, -0.2) is 0 Å². The molecule has 1 fully saturated rings. The number of esters is 1. The van der Waals surface area contributed by atoms with Gasteiger partial charge < -0.3 is 10.1 Å². The van der Waals surface area contributed by atoms with Gasteiger partial charge >= 0.3 is 5.97 Å². The average molecular weight is 220 g/mol. The first-order valence-electron chi connectivity index (χ1n) is 5.38. The van der Waals surface area contributed by atoms with Crippen LogP contribution < -0.4 is 5.32 Å². The molecular formula is C12H16N2O2. The molecular weight excluding hydrogens is 204 g/mol. The molecule has 0 amide bonds. The summed E-state index contributed by atoms with van der Waals surface area (Å²) < 4.78 is 4.84. The third-order valence-electron chi connectivity index (χ3n) is 3.35. The molecule has 0 bridgehead atoms. The smallest absolute Gasteiger partial charge is 0.310 e. The summed E-state index contributed by atoms with van der Waals surface area (Å²) in [6.45, 7) is 3.46. The lowest BCUT2D eigenvalue weighted by Gasteiger charge is -2.27. The van der Waals surface area contributed by atoms with Gasteiger partial charge in [-0.1, -0.05) is 13.0 Å². The molecule has 0 radical (unpaired) electrons. The lowest BCUT2D eigenvalue weighted by molar-refractivity contribution is -0.146. The van der Waals surface area contributed by atoms with Crippen LogP contribution in [0.5, 0.6) is 0 Å². The third kappa shape index (κ3) is 1.69. The van der Waals surface area contributed by atoms with E-state index in [1.54, 1.807) is 6.20 Å². The molecule has 0 spiro atoms. The molecule has 1 saturated heterocycles. The van der Waals surface area contributed by atoms with Gasteiger partial charge in [-0.3, -0.25) is 9.78 Å². The second-order valence-corrected chi connectivity index (χ2v) is 4.34. The maximum absolute atomic E-state index is 11.7. The SMILES string of the molecule is COC(=O)[C@H]1CNC[C@]1(C)c1ccccn1. The van der Waals surface area contributed by atoms with Crippen molar-refractivity contribution in [2.24, 2.45) is 5.92 Å². The number of hydrogen-bond donors (Lipinski definition) is 1. The molecule has 4 nitrogen and oxygen atoms in total. The van der Waals surface area contributed by atoms with Gasteiger partial charge in [0, 0.05) is 30.4 Å². The number of pyridine rings is 1. The predicted molar refractivity (Wildman–Crippen MR) is 60.0 cm³/mol. The van der Waals surface area contributed by atoms with Crippen LogP contribution in [0.15, 0.2) is 24.4 Å². The zero-order chi connectivity index (χ0) is 11.6. The average Bonchev–Trinajstić information content (AvgIpc) is 2.73. The van der Waals surface area contributed by atoms with E-state index in [0.29, 0.717) is 6.54 Å². The van der Waals surface area contributed by atoms with Crippen LogP contribution in [0.3, 0.4) is 0 Å². The van der Waals surface area contributed by atoms with Crippen molar-refractivity contribution in [2.75, 3.05) is 20.2 Å². The fraction of sp³-hybridized carbons (Fsp3) is 0.500. The lowest BCUT2D eigenvalue weighted by Crippen LogP contribution is -2.37. The van der Waals surface area contributed by atoms with Crippen LogP contribution in [-0.4, -0.2) is 31.2 Å². The van der Waals surface area contributed by atoms with Crippen LogP contribution in [-0.2, 0) is 14.9 Å². The molecule has 1 aromatic heterocycles. The number of carbonyl (C=O) groups is 1. The van der Waals surface area contributed by atoms with Crippen LogP contribution in [0.4, 0.5) is 0 Å². The molecule has 0 unspecified atom stereocenters. The maximum atomic E-state index is 11.7. The Morgan fingerprint density at radius 1 is 1.62 bits per heavy atom. The molecule has 0 aliphatic carbocycles. The Balaban J connectivity index is 2.33. The van der Waals surface area contributed by atoms with E-state index in [4.69, 9.17) is 4.74 Å². The Morgan fingerprint density at radius 3 is 3.06 bits per heavy atom. The van der Waals surface area contributed by atoms with Crippen LogP contribution >= 0.6 is 0 Å². The minimum Gasteiger partial charge on any atom is -0.469 e. The lowest BCUT2D eigenvalue weighted by atomic mass is 9.77. The third-order valence-corrected chi connectivity index (χ3v) is 3.35. The van der Waals surface area contributed by atoms with E-state index in [-0.39, 0.29) is 17.3 Å². The Labute approximate surface area is 95.0 Å². The van der Waals surface area contributed by atoms with Crippen molar-refractivity contribution >= 4 is 5.97 Å². The van der Waals surface area contributed by atoms with Crippen LogP contribution in [0, 0.1) is 5.92 Å². The van der Waals surface area contributed by atoms with Crippen molar-refractivity contribution in [3.63, 3.8) is 0 Å². The van der Waals surface area contributed by atoms with Gasteiger partial charge in [0.2, 0.25) is 0 Å². The highest BCUT2D eigenvalue weighted by Crippen LogP contribution is 2.34. The zero-order valence-corrected chi connectivity index (χ0v) is 9.56. The number of hydrogen-bond acceptors (Lipinski definition) is 4. The standard InChI is InChI=1S/C12H16N2O2/c1-12(10-5-3-4-6-14-10)8-13-7-9(12)11(15)16-2/h3-6,9,13H,7-8H2,1-2H3/t9-,12+/m1/s1. The Morgan fingerprint density at radius 2 is 2.44 bits per heavy atom. The van der Waals surface area contributed by atoms with E-state index >= 15 is 0 Å². The van der Waals surface area contributed by atoms with Gasteiger partial charge in [-0.05, 0) is 12.1 Å². The second kappa shape index (κ2) is 4.22. The second-order valence-electron chi connectivity index (χ2n) is 4.34. The highest BCUT2D eigenvalue weighted by Gasteiger charge is 2.46. The van der Waals surface area contributed by atoms with Crippen LogP contribution in [0.1, 0.15) is 12.6 Å². The Bertz CT molecular complexity index is 380. The molecule has 2 rings (SSSR count). The van der Waals surface area contributed by atoms with Gasteiger partial charge in [0.25, 0.3) is 0 Å². The molecule has 16 heavy (non-hydrogen) atoms. The fourth-order valence-electron chi connectivity index (χ4n) is 2.28.